The van der Waals surface area contributed by atoms with E-state index in [1.807, 2.05) is 31.2 Å². The first-order valence-electron chi connectivity index (χ1n) is 9.44. The highest BCUT2D eigenvalue weighted by atomic mass is 16.5. The Morgan fingerprint density at radius 2 is 2.00 bits per heavy atom. The topological polar surface area (TPSA) is 79.4 Å². The number of hydrogen-bond donors (Lipinski definition) is 2. The summed E-state index contributed by atoms with van der Waals surface area (Å²) < 4.78 is 5.36. The molecular weight excluding hydrogens is 342 g/mol. The molecule has 1 amide bonds. The van der Waals surface area contributed by atoms with Gasteiger partial charge in [-0.25, -0.2) is 9.97 Å². The third kappa shape index (κ3) is 5.48. The van der Waals surface area contributed by atoms with E-state index in [0.717, 1.165) is 62.8 Å². The average molecular weight is 369 g/mol. The maximum Gasteiger partial charge on any atom is 0.274 e. The van der Waals surface area contributed by atoms with E-state index in [1.54, 1.807) is 6.07 Å². The van der Waals surface area contributed by atoms with Crippen molar-refractivity contribution >= 4 is 17.5 Å². The third-order valence-corrected chi connectivity index (χ3v) is 4.55. The van der Waals surface area contributed by atoms with Gasteiger partial charge in [0.15, 0.2) is 0 Å². The lowest BCUT2D eigenvalue weighted by atomic mass is 10.1. The van der Waals surface area contributed by atoms with Gasteiger partial charge in [0.05, 0.1) is 13.2 Å². The van der Waals surface area contributed by atoms with Gasteiger partial charge in [0.2, 0.25) is 5.95 Å². The molecule has 2 aromatic rings. The van der Waals surface area contributed by atoms with Crippen molar-refractivity contribution < 1.29 is 9.53 Å². The number of benzene rings is 1. The van der Waals surface area contributed by atoms with Crippen LogP contribution in [0.4, 0.5) is 11.6 Å². The van der Waals surface area contributed by atoms with E-state index in [2.05, 4.69) is 32.4 Å². The number of rotatable bonds is 7. The Morgan fingerprint density at radius 1 is 1.22 bits per heavy atom. The highest BCUT2D eigenvalue weighted by Crippen LogP contribution is 2.17. The van der Waals surface area contributed by atoms with Crippen LogP contribution in [0.25, 0.3) is 0 Å². The summed E-state index contributed by atoms with van der Waals surface area (Å²) in [5, 5.41) is 6.19. The molecule has 0 radical (unpaired) electrons. The lowest BCUT2D eigenvalue weighted by molar-refractivity contribution is 0.0398. The average Bonchev–Trinajstić information content (AvgIpc) is 2.69. The molecule has 2 N–H and O–H groups in total. The van der Waals surface area contributed by atoms with Crippen LogP contribution >= 0.6 is 0 Å². The van der Waals surface area contributed by atoms with Crippen molar-refractivity contribution in [2.45, 2.75) is 20.3 Å². The predicted molar refractivity (Wildman–Crippen MR) is 106 cm³/mol. The number of aromatic nitrogens is 2. The summed E-state index contributed by atoms with van der Waals surface area (Å²) in [6.45, 7) is 9.01. The lowest BCUT2D eigenvalue weighted by Crippen LogP contribution is -2.39. The minimum atomic E-state index is -0.224. The second-order valence-corrected chi connectivity index (χ2v) is 6.56. The lowest BCUT2D eigenvalue weighted by Gasteiger charge is -2.26. The SMILES string of the molecule is CCc1ccccc1NC(=O)c1cc(C)nc(NCCN2CCOCC2)n1. The minimum absolute atomic E-state index is 0.224. The first-order chi connectivity index (χ1) is 13.2. The molecule has 0 bridgehead atoms. The zero-order valence-corrected chi connectivity index (χ0v) is 16.0. The van der Waals surface area contributed by atoms with Gasteiger partial charge in [0.25, 0.3) is 5.91 Å². The Balaban J connectivity index is 1.62. The number of carbonyl (C=O) groups excluding carboxylic acids is 1. The van der Waals surface area contributed by atoms with Crippen molar-refractivity contribution in [1.82, 2.24) is 14.9 Å². The summed E-state index contributed by atoms with van der Waals surface area (Å²) in [4.78, 5) is 23.8. The smallest absolute Gasteiger partial charge is 0.274 e. The molecular formula is C20H27N5O2. The molecule has 1 saturated heterocycles. The quantitative estimate of drug-likeness (QED) is 0.780. The monoisotopic (exact) mass is 369 g/mol. The third-order valence-electron chi connectivity index (χ3n) is 4.55. The molecule has 27 heavy (non-hydrogen) atoms. The van der Waals surface area contributed by atoms with E-state index < -0.39 is 0 Å². The van der Waals surface area contributed by atoms with E-state index in [0.29, 0.717) is 11.6 Å². The molecule has 7 heteroatoms. The molecule has 1 aliphatic heterocycles. The molecule has 144 valence electrons. The zero-order valence-electron chi connectivity index (χ0n) is 16.0. The van der Waals surface area contributed by atoms with Gasteiger partial charge < -0.3 is 15.4 Å². The molecule has 0 saturated carbocycles. The van der Waals surface area contributed by atoms with Crippen molar-refractivity contribution in [3.63, 3.8) is 0 Å². The number of amides is 1. The van der Waals surface area contributed by atoms with Gasteiger partial charge in [0, 0.05) is 37.6 Å². The van der Waals surface area contributed by atoms with Crippen molar-refractivity contribution in [2.24, 2.45) is 0 Å². The standard InChI is InChI=1S/C20H27N5O2/c1-3-16-6-4-5-7-17(16)23-19(26)18-14-15(2)22-20(24-18)21-8-9-25-10-12-27-13-11-25/h4-7,14H,3,8-13H2,1-2H3,(H,23,26)(H,21,22,24). The number of carbonyl (C=O) groups is 1. The Kier molecular flexibility index (Phi) is 6.73. The normalized spacial score (nSPS) is 14.7. The number of para-hydroxylation sites is 1. The molecule has 3 rings (SSSR count). The van der Waals surface area contributed by atoms with Crippen LogP contribution in [-0.4, -0.2) is 60.2 Å². The summed E-state index contributed by atoms with van der Waals surface area (Å²) in [6.07, 6.45) is 0.855. The number of aryl methyl sites for hydroxylation is 2. The van der Waals surface area contributed by atoms with E-state index in [9.17, 15) is 4.79 Å². The molecule has 7 nitrogen and oxygen atoms in total. The Labute approximate surface area is 160 Å². The van der Waals surface area contributed by atoms with E-state index in [-0.39, 0.29) is 5.91 Å². The summed E-state index contributed by atoms with van der Waals surface area (Å²) in [6, 6.07) is 9.52. The summed E-state index contributed by atoms with van der Waals surface area (Å²) >= 11 is 0. The minimum Gasteiger partial charge on any atom is -0.379 e. The number of hydrogen-bond acceptors (Lipinski definition) is 6. The highest BCUT2D eigenvalue weighted by molar-refractivity contribution is 6.03. The number of nitrogens with one attached hydrogen (secondary N) is 2. The van der Waals surface area contributed by atoms with Crippen LogP contribution in [0.1, 0.15) is 28.7 Å². The second kappa shape index (κ2) is 9.43. The molecule has 0 unspecified atom stereocenters. The van der Waals surface area contributed by atoms with Crippen LogP contribution in [0.2, 0.25) is 0 Å². The van der Waals surface area contributed by atoms with Gasteiger partial charge in [-0.2, -0.15) is 0 Å². The molecule has 1 aromatic heterocycles. The summed E-state index contributed by atoms with van der Waals surface area (Å²) in [7, 11) is 0. The Hall–Kier alpha value is -2.51. The maximum absolute atomic E-state index is 12.7. The van der Waals surface area contributed by atoms with Gasteiger partial charge in [-0.15, -0.1) is 0 Å². The van der Waals surface area contributed by atoms with Crippen molar-refractivity contribution in [1.29, 1.82) is 0 Å². The molecule has 1 aromatic carbocycles. The summed E-state index contributed by atoms with van der Waals surface area (Å²) in [5.74, 6) is 0.259. The van der Waals surface area contributed by atoms with Gasteiger partial charge in [-0.1, -0.05) is 25.1 Å². The maximum atomic E-state index is 12.7. The highest BCUT2D eigenvalue weighted by Gasteiger charge is 2.13. The van der Waals surface area contributed by atoms with Gasteiger partial charge in [-0.3, -0.25) is 9.69 Å². The predicted octanol–water partition coefficient (Wildman–Crippen LogP) is 2.34. The van der Waals surface area contributed by atoms with Gasteiger partial charge in [-0.05, 0) is 31.0 Å². The Bertz CT molecular complexity index is 775. The first-order valence-corrected chi connectivity index (χ1v) is 9.44. The van der Waals surface area contributed by atoms with Gasteiger partial charge >= 0.3 is 0 Å². The van der Waals surface area contributed by atoms with Crippen LogP contribution in [0.3, 0.4) is 0 Å². The fraction of sp³-hybridized carbons (Fsp3) is 0.450. The van der Waals surface area contributed by atoms with Crippen LogP contribution < -0.4 is 10.6 Å². The fourth-order valence-corrected chi connectivity index (χ4v) is 3.05. The van der Waals surface area contributed by atoms with Crippen LogP contribution in [-0.2, 0) is 11.2 Å². The first kappa shape index (κ1) is 19.3. The largest absolute Gasteiger partial charge is 0.379 e. The van der Waals surface area contributed by atoms with Crippen molar-refractivity contribution in [2.75, 3.05) is 50.0 Å². The van der Waals surface area contributed by atoms with E-state index >= 15 is 0 Å². The molecule has 1 aliphatic rings. The van der Waals surface area contributed by atoms with Crippen molar-refractivity contribution in [3.05, 3.63) is 47.3 Å². The number of ether oxygens (including phenoxy) is 1. The molecule has 0 aliphatic carbocycles. The van der Waals surface area contributed by atoms with Crippen LogP contribution in [0.15, 0.2) is 30.3 Å². The van der Waals surface area contributed by atoms with Crippen LogP contribution in [0, 0.1) is 6.92 Å². The van der Waals surface area contributed by atoms with E-state index in [4.69, 9.17) is 4.74 Å². The number of morpholine rings is 1. The fourth-order valence-electron chi connectivity index (χ4n) is 3.05. The molecule has 2 heterocycles. The zero-order chi connectivity index (χ0) is 19.1. The molecule has 0 atom stereocenters. The summed E-state index contributed by atoms with van der Waals surface area (Å²) in [5.41, 5.74) is 3.04. The number of nitrogens with zero attached hydrogens (tertiary/aromatic N) is 3. The van der Waals surface area contributed by atoms with Crippen molar-refractivity contribution in [3.8, 4) is 0 Å². The van der Waals surface area contributed by atoms with E-state index in [1.165, 1.54) is 0 Å². The molecule has 1 fully saturated rings. The molecule has 0 spiro atoms. The second-order valence-electron chi connectivity index (χ2n) is 6.56. The number of anilines is 2. The van der Waals surface area contributed by atoms with Gasteiger partial charge in [0.1, 0.15) is 5.69 Å². The Morgan fingerprint density at radius 3 is 2.78 bits per heavy atom. The van der Waals surface area contributed by atoms with Crippen LogP contribution in [0.5, 0.6) is 0 Å².